The van der Waals surface area contributed by atoms with Gasteiger partial charge in [-0.05, 0) is 43.2 Å². The molecule has 2 aromatic carbocycles. The maximum Gasteiger partial charge on any atom is 0.251 e. The molecule has 0 bridgehead atoms. The van der Waals surface area contributed by atoms with Gasteiger partial charge in [0.15, 0.2) is 11.5 Å². The van der Waals surface area contributed by atoms with Crippen molar-refractivity contribution in [2.75, 3.05) is 20.3 Å². The molecule has 0 aliphatic heterocycles. The van der Waals surface area contributed by atoms with Gasteiger partial charge in [-0.1, -0.05) is 24.3 Å². The number of ether oxygens (including phenoxy) is 2. The van der Waals surface area contributed by atoms with Crippen LogP contribution in [-0.4, -0.2) is 32.1 Å². The summed E-state index contributed by atoms with van der Waals surface area (Å²) in [4.78, 5) is 23.6. The van der Waals surface area contributed by atoms with E-state index in [-0.39, 0.29) is 11.8 Å². The summed E-state index contributed by atoms with van der Waals surface area (Å²) in [5.74, 6) is 1.20. The first kappa shape index (κ1) is 20.3. The van der Waals surface area contributed by atoms with Crippen molar-refractivity contribution in [3.8, 4) is 11.5 Å². The smallest absolute Gasteiger partial charge is 0.251 e. The minimum atomic E-state index is -0.146. The lowest BCUT2D eigenvalue weighted by atomic mass is 10.1. The average molecular weight is 370 g/mol. The lowest BCUT2D eigenvalue weighted by Gasteiger charge is -2.11. The number of rotatable bonds is 10. The van der Waals surface area contributed by atoms with Gasteiger partial charge < -0.3 is 20.1 Å². The highest BCUT2D eigenvalue weighted by Gasteiger charge is 2.07. The van der Waals surface area contributed by atoms with E-state index in [2.05, 4.69) is 10.6 Å². The molecule has 0 aromatic heterocycles. The van der Waals surface area contributed by atoms with Gasteiger partial charge in [-0.2, -0.15) is 0 Å². The van der Waals surface area contributed by atoms with Gasteiger partial charge in [0.1, 0.15) is 0 Å². The maximum absolute atomic E-state index is 12.0. The van der Waals surface area contributed by atoms with Gasteiger partial charge in [0.05, 0.1) is 13.2 Å². The minimum Gasteiger partial charge on any atom is -0.490 e. The van der Waals surface area contributed by atoms with Crippen molar-refractivity contribution in [1.82, 2.24) is 10.6 Å². The molecule has 6 nitrogen and oxygen atoms in total. The minimum absolute atomic E-state index is 0.0537. The molecule has 6 heteroatoms. The van der Waals surface area contributed by atoms with Crippen LogP contribution in [0.5, 0.6) is 11.5 Å². The second-order valence-electron chi connectivity index (χ2n) is 5.89. The number of carbonyl (C=O) groups is 2. The summed E-state index contributed by atoms with van der Waals surface area (Å²) in [5.41, 5.74) is 1.46. The molecule has 0 saturated carbocycles. The van der Waals surface area contributed by atoms with Crippen LogP contribution in [0.25, 0.3) is 0 Å². The lowest BCUT2D eigenvalue weighted by Crippen LogP contribution is -2.23. The Hall–Kier alpha value is -3.02. The Morgan fingerprint density at radius 2 is 1.74 bits per heavy atom. The van der Waals surface area contributed by atoms with E-state index in [4.69, 9.17) is 9.47 Å². The molecule has 0 aliphatic carbocycles. The van der Waals surface area contributed by atoms with E-state index < -0.39 is 0 Å². The second kappa shape index (κ2) is 10.9. The largest absolute Gasteiger partial charge is 0.490 e. The Morgan fingerprint density at radius 1 is 1.00 bits per heavy atom. The van der Waals surface area contributed by atoms with E-state index in [1.165, 1.54) is 0 Å². The summed E-state index contributed by atoms with van der Waals surface area (Å²) in [6, 6.07) is 14.7. The molecule has 0 fully saturated rings. The van der Waals surface area contributed by atoms with Crippen molar-refractivity contribution in [3.05, 3.63) is 59.7 Å². The van der Waals surface area contributed by atoms with E-state index >= 15 is 0 Å². The van der Waals surface area contributed by atoms with Crippen LogP contribution in [0.1, 0.15) is 35.7 Å². The summed E-state index contributed by atoms with van der Waals surface area (Å²) in [6.07, 6.45) is 0.969. The van der Waals surface area contributed by atoms with Crippen molar-refractivity contribution in [1.29, 1.82) is 0 Å². The molecule has 0 aliphatic rings. The standard InChI is InChI=1S/C21H26N2O4/c1-3-26-18-10-4-5-11-19(18)27-13-7-12-20(24)23-15-16-8-6-9-17(14-16)21(25)22-2/h4-6,8-11,14H,3,7,12-13,15H2,1-2H3,(H,22,25)(H,23,24). The van der Waals surface area contributed by atoms with Gasteiger partial charge in [0.2, 0.25) is 5.91 Å². The van der Waals surface area contributed by atoms with Gasteiger partial charge in [-0.15, -0.1) is 0 Å². The van der Waals surface area contributed by atoms with Gasteiger partial charge in [-0.3, -0.25) is 9.59 Å². The molecule has 2 rings (SSSR count). The molecule has 144 valence electrons. The summed E-state index contributed by atoms with van der Waals surface area (Å²) in [7, 11) is 1.59. The first-order valence-corrected chi connectivity index (χ1v) is 9.06. The Kier molecular flexibility index (Phi) is 8.16. The highest BCUT2D eigenvalue weighted by Crippen LogP contribution is 2.26. The Balaban J connectivity index is 1.72. The fraction of sp³-hybridized carbons (Fsp3) is 0.333. The van der Waals surface area contributed by atoms with Crippen LogP contribution >= 0.6 is 0 Å². The molecular weight excluding hydrogens is 344 g/mol. The van der Waals surface area contributed by atoms with Crippen LogP contribution in [0.2, 0.25) is 0 Å². The third-order valence-corrected chi connectivity index (χ3v) is 3.86. The summed E-state index contributed by atoms with van der Waals surface area (Å²) < 4.78 is 11.2. The number of nitrogens with one attached hydrogen (secondary N) is 2. The number of amides is 2. The van der Waals surface area contributed by atoms with E-state index in [0.717, 1.165) is 5.56 Å². The fourth-order valence-electron chi connectivity index (χ4n) is 2.51. The molecule has 0 spiro atoms. The quantitative estimate of drug-likeness (QED) is 0.631. The third-order valence-electron chi connectivity index (χ3n) is 3.86. The third kappa shape index (κ3) is 6.66. The Labute approximate surface area is 159 Å². The van der Waals surface area contributed by atoms with Crippen LogP contribution in [0.15, 0.2) is 48.5 Å². The molecule has 0 saturated heterocycles. The van der Waals surface area contributed by atoms with E-state index in [1.807, 2.05) is 37.3 Å². The average Bonchev–Trinajstić information content (AvgIpc) is 2.70. The van der Waals surface area contributed by atoms with Crippen LogP contribution < -0.4 is 20.1 Å². The molecule has 0 radical (unpaired) electrons. The molecule has 2 N–H and O–H groups in total. The summed E-state index contributed by atoms with van der Waals surface area (Å²) in [6.45, 7) is 3.32. The predicted octanol–water partition coefficient (Wildman–Crippen LogP) is 2.92. The zero-order chi connectivity index (χ0) is 19.5. The zero-order valence-electron chi connectivity index (χ0n) is 15.8. The van der Waals surface area contributed by atoms with Gasteiger partial charge in [0, 0.05) is 25.6 Å². The maximum atomic E-state index is 12.0. The Bertz CT molecular complexity index is 761. The monoisotopic (exact) mass is 370 g/mol. The number of hydrogen-bond donors (Lipinski definition) is 2. The predicted molar refractivity (Wildman–Crippen MR) is 104 cm³/mol. The van der Waals surface area contributed by atoms with Crippen molar-refractivity contribution >= 4 is 11.8 Å². The molecule has 27 heavy (non-hydrogen) atoms. The first-order valence-electron chi connectivity index (χ1n) is 9.06. The van der Waals surface area contributed by atoms with Gasteiger partial charge in [0.25, 0.3) is 5.91 Å². The van der Waals surface area contributed by atoms with Crippen LogP contribution in [0.3, 0.4) is 0 Å². The van der Waals surface area contributed by atoms with Crippen molar-refractivity contribution in [3.63, 3.8) is 0 Å². The molecule has 0 atom stereocenters. The van der Waals surface area contributed by atoms with Gasteiger partial charge >= 0.3 is 0 Å². The summed E-state index contributed by atoms with van der Waals surface area (Å²) in [5, 5.41) is 5.45. The number of carbonyl (C=O) groups excluding carboxylic acids is 2. The second-order valence-corrected chi connectivity index (χ2v) is 5.89. The fourth-order valence-corrected chi connectivity index (χ4v) is 2.51. The van der Waals surface area contributed by atoms with Gasteiger partial charge in [-0.25, -0.2) is 0 Å². The van der Waals surface area contributed by atoms with E-state index in [9.17, 15) is 9.59 Å². The number of hydrogen-bond acceptors (Lipinski definition) is 4. The van der Waals surface area contributed by atoms with Crippen molar-refractivity contribution < 1.29 is 19.1 Å². The van der Waals surface area contributed by atoms with Crippen LogP contribution in [0.4, 0.5) is 0 Å². The SMILES string of the molecule is CCOc1ccccc1OCCCC(=O)NCc1cccc(C(=O)NC)c1. The number of benzene rings is 2. The van der Waals surface area contributed by atoms with E-state index in [1.54, 1.807) is 25.2 Å². The van der Waals surface area contributed by atoms with E-state index in [0.29, 0.717) is 49.7 Å². The molecule has 2 aromatic rings. The highest BCUT2D eigenvalue weighted by atomic mass is 16.5. The molecule has 0 unspecified atom stereocenters. The topological polar surface area (TPSA) is 76.7 Å². The Morgan fingerprint density at radius 3 is 2.44 bits per heavy atom. The molecule has 2 amide bonds. The first-order chi connectivity index (χ1) is 13.1. The zero-order valence-corrected chi connectivity index (χ0v) is 15.8. The van der Waals surface area contributed by atoms with Crippen LogP contribution in [-0.2, 0) is 11.3 Å². The van der Waals surface area contributed by atoms with Crippen molar-refractivity contribution in [2.45, 2.75) is 26.3 Å². The lowest BCUT2D eigenvalue weighted by molar-refractivity contribution is -0.121. The summed E-state index contributed by atoms with van der Waals surface area (Å²) >= 11 is 0. The van der Waals surface area contributed by atoms with Crippen LogP contribution in [0, 0.1) is 0 Å². The number of para-hydroxylation sites is 2. The highest BCUT2D eigenvalue weighted by molar-refractivity contribution is 5.94. The molecule has 0 heterocycles. The molecular formula is C21H26N2O4. The van der Waals surface area contributed by atoms with Crippen molar-refractivity contribution in [2.24, 2.45) is 0 Å². The normalized spacial score (nSPS) is 10.1.